The molecule has 0 aliphatic heterocycles. The van der Waals surface area contributed by atoms with Crippen LogP contribution in [0.1, 0.15) is 48.5 Å². The van der Waals surface area contributed by atoms with Crippen LogP contribution in [-0.2, 0) is 55.9 Å². The molecule has 4 atom stereocenters. The Morgan fingerprint density at radius 2 is 0.706 bits per heavy atom. The van der Waals surface area contributed by atoms with Crippen LogP contribution >= 0.6 is 12.2 Å². The summed E-state index contributed by atoms with van der Waals surface area (Å²) in [7, 11) is 0. The fraction of sp³-hybridized carbons (Fsp3) is 0.600. The van der Waals surface area contributed by atoms with Crippen LogP contribution in [0.5, 0.6) is 0 Å². The predicted molar refractivity (Wildman–Crippen MR) is 112 cm³/mol. The Morgan fingerprint density at radius 3 is 0.882 bits per heavy atom. The van der Waals surface area contributed by atoms with E-state index in [0.29, 0.717) is 48.5 Å². The Bertz CT molecular complexity index is 976. The zero-order valence-electron chi connectivity index (χ0n) is 19.3. The van der Waals surface area contributed by atoms with Gasteiger partial charge in [-0.3, -0.25) is 33.6 Å². The van der Waals surface area contributed by atoms with E-state index in [1.807, 2.05) is 0 Å². The van der Waals surface area contributed by atoms with E-state index in [9.17, 15) is 59.1 Å². The first-order valence-electron chi connectivity index (χ1n) is 9.25. The Kier molecular flexibility index (Phi) is 10.7. The molecule has 0 heterocycles. The second kappa shape index (κ2) is 10.5. The van der Waals surface area contributed by atoms with Gasteiger partial charge >= 0.3 is 0 Å². The summed E-state index contributed by atoms with van der Waals surface area (Å²) in [5.74, 6) is -12.3. The fourth-order valence-electron chi connectivity index (χ4n) is 3.91. The Morgan fingerprint density at radius 1 is 0.471 bits per heavy atom. The van der Waals surface area contributed by atoms with Crippen molar-refractivity contribution in [3.8, 4) is 0 Å². The van der Waals surface area contributed by atoms with Gasteiger partial charge in [-0.2, -0.15) is 0 Å². The zero-order chi connectivity index (χ0) is 27.1. The van der Waals surface area contributed by atoms with E-state index in [0.717, 1.165) is 0 Å². The molecule has 0 bridgehead atoms. The maximum absolute atomic E-state index is 12.8. The molecule has 0 saturated heterocycles. The number of thiocarbonyl (C=S) groups is 1. The molecule has 34 heavy (non-hydrogen) atoms. The van der Waals surface area contributed by atoms with Crippen molar-refractivity contribution < 1.29 is 81.5 Å². The van der Waals surface area contributed by atoms with E-state index >= 15 is 0 Å². The van der Waals surface area contributed by atoms with E-state index in [1.54, 1.807) is 0 Å². The number of carbonyl (C=O) groups excluding carboxylic acids is 7. The molecule has 0 aliphatic carbocycles. The van der Waals surface area contributed by atoms with Crippen molar-refractivity contribution in [3.63, 3.8) is 0 Å². The van der Waals surface area contributed by atoms with Gasteiger partial charge in [0.05, 0.1) is 0 Å². The van der Waals surface area contributed by atoms with Crippen LogP contribution in [0.2, 0.25) is 0 Å². The summed E-state index contributed by atoms with van der Waals surface area (Å²) in [5.41, 5.74) is -21.2. The molecule has 0 amide bonds. The van der Waals surface area contributed by atoms with Gasteiger partial charge in [-0.15, -0.1) is 0 Å². The van der Waals surface area contributed by atoms with Gasteiger partial charge in [0.15, 0.2) is 40.5 Å². The van der Waals surface area contributed by atoms with Crippen LogP contribution in [0.15, 0.2) is 0 Å². The third-order valence-electron chi connectivity index (χ3n) is 5.80. The number of rotatable bonds is 12. The van der Waals surface area contributed by atoms with Gasteiger partial charge in [-0.1, -0.05) is 12.2 Å². The van der Waals surface area contributed by atoms with Gasteiger partial charge in [0.25, 0.3) is 0 Å². The monoisotopic (exact) mass is 687 g/mol. The molecule has 0 fully saturated rings. The normalized spacial score (nSPS) is 18.5. The van der Waals surface area contributed by atoms with Crippen LogP contribution in [0.4, 0.5) is 0 Å². The van der Waals surface area contributed by atoms with Crippen LogP contribution in [-0.4, -0.2) is 98.9 Å². The first-order valence-corrected chi connectivity index (χ1v) is 9.66. The van der Waals surface area contributed by atoms with E-state index in [4.69, 9.17) is 0 Å². The van der Waals surface area contributed by atoms with Gasteiger partial charge < -0.3 is 25.5 Å². The molecule has 1 radical (unpaired) electrons. The van der Waals surface area contributed by atoms with Gasteiger partial charge in [-0.25, -0.2) is 0 Å². The number of hydrogen-bond acceptors (Lipinski definition) is 13. The second-order valence-electron chi connectivity index (χ2n) is 7.77. The first kappa shape index (κ1) is 34.5. The molecule has 0 rings (SSSR count). The Balaban J connectivity index is 0. The Hall–Kier alpha value is -1.68. The molecular formula is C20H26AuO12S. The van der Waals surface area contributed by atoms with Crippen molar-refractivity contribution in [3.05, 3.63) is 0 Å². The quantitative estimate of drug-likeness (QED) is 0.0793. The summed E-state index contributed by atoms with van der Waals surface area (Å²) in [5, 5.41) is 56.2. The van der Waals surface area contributed by atoms with Crippen LogP contribution < -0.4 is 0 Å². The zero-order valence-corrected chi connectivity index (χ0v) is 22.3. The van der Waals surface area contributed by atoms with Gasteiger partial charge in [0.1, 0.15) is 4.86 Å². The number of Topliss-reactive ketones (excluding diaryl/α,β-unsaturated/α-hetero) is 7. The van der Waals surface area contributed by atoms with Crippen molar-refractivity contribution in [1.82, 2.24) is 0 Å². The molecule has 12 nitrogen and oxygen atoms in total. The minimum Gasteiger partial charge on any atom is -0.376 e. The molecule has 0 aliphatic rings. The van der Waals surface area contributed by atoms with Crippen molar-refractivity contribution in [1.29, 1.82) is 0 Å². The maximum Gasteiger partial charge on any atom is 0.220 e. The van der Waals surface area contributed by atoms with Crippen molar-refractivity contribution >= 4 is 57.6 Å². The average molecular weight is 687 g/mol. The Labute approximate surface area is 215 Å². The number of aliphatic hydroxyl groups is 5. The van der Waals surface area contributed by atoms with Crippen molar-refractivity contribution in [2.24, 2.45) is 0 Å². The van der Waals surface area contributed by atoms with Gasteiger partial charge in [0, 0.05) is 22.4 Å². The first-order chi connectivity index (χ1) is 14.5. The molecule has 0 unspecified atom stereocenters. The van der Waals surface area contributed by atoms with Crippen LogP contribution in [0.3, 0.4) is 0 Å². The fourth-order valence-corrected chi connectivity index (χ4v) is 4.20. The molecule has 5 N–H and O–H groups in total. The average Bonchev–Trinajstić information content (AvgIpc) is 2.68. The SMILES string of the molecule is CC(=O)C(=S)[C@@](O)(C(C)=O)[C@](O)(C(C)=O)[C@@](O)(C(C)=O)[C@@](O)(C(C)=O)C(O)(C(C)=O)C(C)=O.[Au]. The molecular weight excluding hydrogens is 661 g/mol. The third kappa shape index (κ3) is 4.04. The molecule has 0 saturated carbocycles. The predicted octanol–water partition coefficient (Wildman–Crippen LogP) is -2.87. The number of hydrogen-bond donors (Lipinski definition) is 5. The summed E-state index contributed by atoms with van der Waals surface area (Å²) in [6.45, 7) is 3.22. The van der Waals surface area contributed by atoms with E-state index in [-0.39, 0.29) is 22.4 Å². The molecule has 0 spiro atoms. The topological polar surface area (TPSA) is 221 Å². The second-order valence-corrected chi connectivity index (χ2v) is 8.18. The molecule has 0 aromatic rings. The summed E-state index contributed by atoms with van der Waals surface area (Å²) in [6, 6.07) is 0. The number of ketones is 7. The molecule has 0 aromatic heterocycles. The minimum atomic E-state index is -4.50. The standard InChI is InChI=1S/C20H26O12S.Au/c1-8(21)15(33)17(29,11(4)24)19(31,13(6)26)20(32,14(7)27)18(30,12(5)25)16(28,9(2)22)10(3)23;/h28-32H,1-7H3;/t17-,18+,19+,20+;/m0./s1. The van der Waals surface area contributed by atoms with E-state index in [1.165, 1.54) is 0 Å². The smallest absolute Gasteiger partial charge is 0.220 e. The molecule has 14 heteroatoms. The summed E-state index contributed by atoms with van der Waals surface area (Å²) < 4.78 is 0. The molecule has 195 valence electrons. The minimum absolute atomic E-state index is 0. The maximum atomic E-state index is 12.8. The van der Waals surface area contributed by atoms with Gasteiger partial charge in [0.2, 0.25) is 28.0 Å². The van der Waals surface area contributed by atoms with E-state index < -0.39 is 73.4 Å². The molecule has 0 aromatic carbocycles. The van der Waals surface area contributed by atoms with Crippen molar-refractivity contribution in [2.75, 3.05) is 0 Å². The summed E-state index contributed by atoms with van der Waals surface area (Å²) in [6.07, 6.45) is 0. The summed E-state index contributed by atoms with van der Waals surface area (Å²) >= 11 is 4.68. The van der Waals surface area contributed by atoms with E-state index in [2.05, 4.69) is 12.2 Å². The van der Waals surface area contributed by atoms with Crippen molar-refractivity contribution in [2.45, 2.75) is 76.5 Å². The largest absolute Gasteiger partial charge is 0.376 e. The van der Waals surface area contributed by atoms with Crippen LogP contribution in [0.25, 0.3) is 0 Å². The third-order valence-corrected chi connectivity index (χ3v) is 6.38. The number of carbonyl (C=O) groups is 7. The van der Waals surface area contributed by atoms with Crippen LogP contribution in [0, 0.1) is 0 Å². The summed E-state index contributed by atoms with van der Waals surface area (Å²) in [4.78, 5) is 85.6. The van der Waals surface area contributed by atoms with Gasteiger partial charge in [-0.05, 0) is 48.5 Å².